The number of aliphatic carboxylic acids is 1. The number of fused-ring (bicyclic) bond motifs is 1. The predicted octanol–water partition coefficient (Wildman–Crippen LogP) is 3.75. The van der Waals surface area contributed by atoms with Crippen molar-refractivity contribution in [1.82, 2.24) is 9.38 Å². The SMILES string of the molecule is CCc1c(C(=O)C(N)=O)c2c(OCC(=O)O)nc(C)cn2c1Cc1ccccc1CC1=CC=CCC1. The van der Waals surface area contributed by atoms with Crippen LogP contribution in [0.1, 0.15) is 58.2 Å². The molecule has 186 valence electrons. The van der Waals surface area contributed by atoms with Crippen LogP contribution in [0, 0.1) is 6.92 Å². The Balaban J connectivity index is 1.90. The lowest BCUT2D eigenvalue weighted by Crippen LogP contribution is -2.24. The number of hydrogen-bond acceptors (Lipinski definition) is 5. The number of rotatable bonds is 10. The molecule has 0 atom stereocenters. The first-order valence-electron chi connectivity index (χ1n) is 11.9. The van der Waals surface area contributed by atoms with Gasteiger partial charge in [0.2, 0.25) is 5.88 Å². The first-order valence-corrected chi connectivity index (χ1v) is 11.9. The lowest BCUT2D eigenvalue weighted by molar-refractivity contribution is -0.139. The maximum atomic E-state index is 13.0. The van der Waals surface area contributed by atoms with Gasteiger partial charge in [0.15, 0.2) is 6.61 Å². The molecule has 36 heavy (non-hydrogen) atoms. The van der Waals surface area contributed by atoms with Gasteiger partial charge in [-0.05, 0) is 49.3 Å². The number of carbonyl (C=O) groups excluding carboxylic acids is 2. The Bertz CT molecular complexity index is 1410. The van der Waals surface area contributed by atoms with Gasteiger partial charge in [-0.3, -0.25) is 9.59 Å². The Labute approximate surface area is 209 Å². The number of nitrogens with zero attached hydrogens (tertiary/aromatic N) is 2. The number of carboxylic acid groups (broad SMARTS) is 1. The van der Waals surface area contributed by atoms with Crippen LogP contribution >= 0.6 is 0 Å². The molecule has 0 saturated heterocycles. The lowest BCUT2D eigenvalue weighted by Gasteiger charge is -2.15. The van der Waals surface area contributed by atoms with E-state index < -0.39 is 24.3 Å². The zero-order valence-electron chi connectivity index (χ0n) is 20.4. The normalized spacial score (nSPS) is 13.0. The summed E-state index contributed by atoms with van der Waals surface area (Å²) in [5.74, 6) is -3.14. The zero-order valence-corrected chi connectivity index (χ0v) is 20.4. The van der Waals surface area contributed by atoms with Crippen molar-refractivity contribution in [3.63, 3.8) is 0 Å². The second kappa shape index (κ2) is 10.6. The van der Waals surface area contributed by atoms with Crippen LogP contribution in [0.2, 0.25) is 0 Å². The fourth-order valence-electron chi connectivity index (χ4n) is 4.77. The average Bonchev–Trinajstić information content (AvgIpc) is 3.16. The summed E-state index contributed by atoms with van der Waals surface area (Å²) in [6, 6.07) is 8.18. The van der Waals surface area contributed by atoms with Gasteiger partial charge >= 0.3 is 5.97 Å². The van der Waals surface area contributed by atoms with Crippen LogP contribution in [-0.2, 0) is 28.9 Å². The van der Waals surface area contributed by atoms with Crippen LogP contribution in [0.15, 0.2) is 54.3 Å². The van der Waals surface area contributed by atoms with E-state index in [0.717, 1.165) is 30.5 Å². The van der Waals surface area contributed by atoms with Crippen LogP contribution in [0.3, 0.4) is 0 Å². The molecule has 1 aliphatic carbocycles. The smallest absolute Gasteiger partial charge is 0.341 e. The Morgan fingerprint density at radius 1 is 1.17 bits per heavy atom. The first kappa shape index (κ1) is 24.9. The van der Waals surface area contributed by atoms with Crippen molar-refractivity contribution in [3.05, 3.63) is 87.9 Å². The van der Waals surface area contributed by atoms with E-state index in [4.69, 9.17) is 15.6 Å². The number of nitrogens with two attached hydrogens (primary N) is 1. The second-order valence-corrected chi connectivity index (χ2v) is 8.85. The Morgan fingerprint density at radius 3 is 2.50 bits per heavy atom. The third-order valence-electron chi connectivity index (χ3n) is 6.35. The summed E-state index contributed by atoms with van der Waals surface area (Å²) < 4.78 is 7.27. The maximum absolute atomic E-state index is 13.0. The van der Waals surface area contributed by atoms with Crippen molar-refractivity contribution in [2.24, 2.45) is 5.73 Å². The van der Waals surface area contributed by atoms with E-state index in [1.54, 1.807) is 17.5 Å². The van der Waals surface area contributed by atoms with Crippen molar-refractivity contribution in [3.8, 4) is 5.88 Å². The molecule has 3 aromatic rings. The molecule has 1 amide bonds. The number of aromatic nitrogens is 2. The quantitative estimate of drug-likeness (QED) is 0.332. The standard InChI is InChI=1S/C28H29N3O5/c1-3-21-22(14-20-12-8-7-11-19(20)13-18-9-5-4-6-10-18)31-15-17(2)30-28(36-16-23(32)33)25(31)24(21)26(34)27(29)35/h4-5,7-9,11-12,15H,3,6,10,13-14,16H2,1-2H3,(H2,29,35)(H,32,33). The number of aryl methyl sites for hydroxylation is 1. The van der Waals surface area contributed by atoms with Crippen molar-refractivity contribution in [1.29, 1.82) is 0 Å². The first-order chi connectivity index (χ1) is 17.3. The lowest BCUT2D eigenvalue weighted by atomic mass is 9.92. The zero-order chi connectivity index (χ0) is 25.8. The molecule has 4 rings (SSSR count). The van der Waals surface area contributed by atoms with Gasteiger partial charge in [-0.15, -0.1) is 0 Å². The molecule has 0 spiro atoms. The minimum Gasteiger partial charge on any atom is -0.479 e. The molecule has 2 heterocycles. The van der Waals surface area contributed by atoms with Gasteiger partial charge < -0.3 is 20.0 Å². The van der Waals surface area contributed by atoms with E-state index in [1.807, 2.05) is 19.1 Å². The molecule has 0 saturated carbocycles. The van der Waals surface area contributed by atoms with Crippen LogP contribution in [-0.4, -0.2) is 38.8 Å². The van der Waals surface area contributed by atoms with Crippen molar-refractivity contribution < 1.29 is 24.2 Å². The minimum atomic E-state index is -1.18. The van der Waals surface area contributed by atoms with E-state index in [9.17, 15) is 14.4 Å². The van der Waals surface area contributed by atoms with Gasteiger partial charge in [0.1, 0.15) is 5.52 Å². The molecule has 0 unspecified atom stereocenters. The number of carbonyl (C=O) groups is 3. The van der Waals surface area contributed by atoms with Crippen molar-refractivity contribution >= 4 is 23.2 Å². The molecule has 3 N–H and O–H groups in total. The van der Waals surface area contributed by atoms with E-state index in [2.05, 4.69) is 35.3 Å². The number of Topliss-reactive ketones (excluding diaryl/α,β-unsaturated/α-hetero) is 1. The summed E-state index contributed by atoms with van der Waals surface area (Å²) in [6.45, 7) is 3.03. The summed E-state index contributed by atoms with van der Waals surface area (Å²) in [7, 11) is 0. The number of carboxylic acids is 1. The van der Waals surface area contributed by atoms with Crippen LogP contribution in [0.5, 0.6) is 5.88 Å². The van der Waals surface area contributed by atoms with Gasteiger partial charge in [-0.2, -0.15) is 0 Å². The van der Waals surface area contributed by atoms with Crippen LogP contribution in [0.4, 0.5) is 0 Å². The van der Waals surface area contributed by atoms with E-state index in [1.165, 1.54) is 11.1 Å². The third kappa shape index (κ3) is 5.07. The number of hydrogen-bond donors (Lipinski definition) is 2. The van der Waals surface area contributed by atoms with Gasteiger partial charge in [0.05, 0.1) is 11.3 Å². The highest BCUT2D eigenvalue weighted by atomic mass is 16.5. The third-order valence-corrected chi connectivity index (χ3v) is 6.35. The number of primary amides is 1. The van der Waals surface area contributed by atoms with Crippen LogP contribution < -0.4 is 10.5 Å². The summed E-state index contributed by atoms with van der Waals surface area (Å²) in [4.78, 5) is 40.5. The molecule has 1 aromatic carbocycles. The summed E-state index contributed by atoms with van der Waals surface area (Å²) in [5, 5.41) is 9.14. The number of allylic oxidation sites excluding steroid dienone is 4. The Hall–Kier alpha value is -4.20. The molecular formula is C28H29N3O5. The van der Waals surface area contributed by atoms with E-state index >= 15 is 0 Å². The molecule has 8 heteroatoms. The van der Waals surface area contributed by atoms with Gasteiger partial charge in [-0.25, -0.2) is 9.78 Å². The predicted molar refractivity (Wildman–Crippen MR) is 135 cm³/mol. The largest absolute Gasteiger partial charge is 0.479 e. The topological polar surface area (TPSA) is 124 Å². The molecule has 0 fully saturated rings. The summed E-state index contributed by atoms with van der Waals surface area (Å²) in [5.41, 5.74) is 11.5. The number of ketones is 1. The second-order valence-electron chi connectivity index (χ2n) is 8.85. The van der Waals surface area contributed by atoms with Crippen molar-refractivity contribution in [2.45, 2.75) is 46.0 Å². The van der Waals surface area contributed by atoms with Gasteiger partial charge in [-0.1, -0.05) is 55.0 Å². The molecule has 1 aliphatic rings. The Morgan fingerprint density at radius 2 is 1.89 bits per heavy atom. The number of benzene rings is 1. The van der Waals surface area contributed by atoms with E-state index in [0.29, 0.717) is 24.1 Å². The number of amides is 1. The Kier molecular flexibility index (Phi) is 7.33. The summed E-state index contributed by atoms with van der Waals surface area (Å²) >= 11 is 0. The van der Waals surface area contributed by atoms with Gasteiger partial charge in [0, 0.05) is 18.3 Å². The van der Waals surface area contributed by atoms with Crippen LogP contribution in [0.25, 0.3) is 5.52 Å². The fraction of sp³-hybridized carbons (Fsp3) is 0.286. The maximum Gasteiger partial charge on any atom is 0.341 e. The molecule has 2 aromatic heterocycles. The highest BCUT2D eigenvalue weighted by Gasteiger charge is 2.29. The molecule has 0 aliphatic heterocycles. The monoisotopic (exact) mass is 487 g/mol. The average molecular weight is 488 g/mol. The van der Waals surface area contributed by atoms with Crippen molar-refractivity contribution in [2.75, 3.05) is 6.61 Å². The summed E-state index contributed by atoms with van der Waals surface area (Å²) in [6.07, 6.45) is 12.0. The molecular weight excluding hydrogens is 458 g/mol. The molecule has 0 radical (unpaired) electrons. The molecule has 8 nitrogen and oxygen atoms in total. The highest BCUT2D eigenvalue weighted by molar-refractivity contribution is 6.44. The van der Waals surface area contributed by atoms with Gasteiger partial charge in [0.25, 0.3) is 11.7 Å². The molecule has 0 bridgehead atoms. The van der Waals surface area contributed by atoms with E-state index in [-0.39, 0.29) is 17.0 Å². The minimum absolute atomic E-state index is 0.0182. The highest BCUT2D eigenvalue weighted by Crippen LogP contribution is 2.33. The fourth-order valence-corrected chi connectivity index (χ4v) is 4.77. The number of ether oxygens (including phenoxy) is 1.